The molecule has 0 radical (unpaired) electrons. The van der Waals surface area contributed by atoms with Gasteiger partial charge in [0.1, 0.15) is 6.04 Å². The molecule has 2 N–H and O–H groups in total. The molecule has 1 rings (SSSR count). The molecule has 3 unspecified atom stereocenters. The summed E-state index contributed by atoms with van der Waals surface area (Å²) in [6.45, 7) is 10.6. The van der Waals surface area contributed by atoms with Gasteiger partial charge >= 0.3 is 12.0 Å². The first-order valence-electron chi connectivity index (χ1n) is 7.06. The third-order valence-corrected chi connectivity index (χ3v) is 4.76. The van der Waals surface area contributed by atoms with Crippen molar-refractivity contribution in [1.82, 2.24) is 15.1 Å². The molecule has 0 bridgehead atoms. The van der Waals surface area contributed by atoms with Crippen LogP contribution in [0.2, 0.25) is 0 Å². The smallest absolute Gasteiger partial charge is 0.327 e. The van der Waals surface area contributed by atoms with Crippen LogP contribution in [-0.4, -0.2) is 69.8 Å². The number of hydrogen-bond donors (Lipinski definition) is 2. The number of thioether (sulfide) groups is 1. The lowest BCUT2D eigenvalue weighted by atomic mass is 10.2. The molecule has 1 aliphatic rings. The normalized spacial score (nSPS) is 23.9. The summed E-state index contributed by atoms with van der Waals surface area (Å²) < 4.78 is 0. The Morgan fingerprint density at radius 1 is 1.45 bits per heavy atom. The molecule has 1 fully saturated rings. The molecule has 3 atom stereocenters. The third-order valence-electron chi connectivity index (χ3n) is 3.54. The summed E-state index contributed by atoms with van der Waals surface area (Å²) in [6, 6.07) is -1.01. The maximum atomic E-state index is 12.3. The molecule has 20 heavy (non-hydrogen) atoms. The Labute approximate surface area is 124 Å². The van der Waals surface area contributed by atoms with Gasteiger partial charge in [-0.3, -0.25) is 4.90 Å². The average Bonchev–Trinajstić information content (AvgIpc) is 2.78. The lowest BCUT2D eigenvalue weighted by Gasteiger charge is -2.29. The largest absolute Gasteiger partial charge is 0.480 e. The van der Waals surface area contributed by atoms with Crippen LogP contribution >= 0.6 is 11.8 Å². The van der Waals surface area contributed by atoms with Gasteiger partial charge < -0.3 is 15.3 Å². The lowest BCUT2D eigenvalue weighted by molar-refractivity contribution is -0.141. The van der Waals surface area contributed by atoms with Gasteiger partial charge in [-0.2, -0.15) is 0 Å². The molecule has 1 aliphatic heterocycles. The van der Waals surface area contributed by atoms with Gasteiger partial charge in [0.15, 0.2) is 0 Å². The zero-order chi connectivity index (χ0) is 15.3. The molecule has 116 valence electrons. The van der Waals surface area contributed by atoms with Gasteiger partial charge in [0.25, 0.3) is 0 Å². The Balaban J connectivity index is 2.58. The molecule has 7 heteroatoms. The standard InChI is InChI=1S/C13H25N3O3S/c1-5-15(6-2)7-9(3)14-13(19)16-10(4)20-8-11(16)12(17)18/h9-11H,5-8H2,1-4H3,(H,14,19)(H,17,18). The topological polar surface area (TPSA) is 72.9 Å². The highest BCUT2D eigenvalue weighted by Gasteiger charge is 2.39. The molecule has 0 aromatic rings. The van der Waals surface area contributed by atoms with E-state index >= 15 is 0 Å². The minimum atomic E-state index is -0.937. The number of carbonyl (C=O) groups excluding carboxylic acids is 1. The molecule has 0 spiro atoms. The van der Waals surface area contributed by atoms with Gasteiger partial charge in [0, 0.05) is 18.3 Å². The molecule has 0 aliphatic carbocycles. The first-order chi connectivity index (χ1) is 9.40. The molecule has 0 saturated carbocycles. The van der Waals surface area contributed by atoms with E-state index in [-0.39, 0.29) is 17.4 Å². The number of nitrogens with zero attached hydrogens (tertiary/aromatic N) is 2. The van der Waals surface area contributed by atoms with Crippen molar-refractivity contribution in [3.05, 3.63) is 0 Å². The van der Waals surface area contributed by atoms with Crippen LogP contribution in [0.1, 0.15) is 27.7 Å². The molecule has 2 amide bonds. The van der Waals surface area contributed by atoms with Crippen molar-refractivity contribution in [3.8, 4) is 0 Å². The van der Waals surface area contributed by atoms with Crippen molar-refractivity contribution >= 4 is 23.8 Å². The Bertz CT molecular complexity index is 350. The summed E-state index contributed by atoms with van der Waals surface area (Å²) in [7, 11) is 0. The van der Waals surface area contributed by atoms with E-state index < -0.39 is 12.0 Å². The second-order valence-corrected chi connectivity index (χ2v) is 6.38. The quantitative estimate of drug-likeness (QED) is 0.773. The number of aliphatic carboxylic acids is 1. The predicted molar refractivity (Wildman–Crippen MR) is 81.0 cm³/mol. The van der Waals surface area contributed by atoms with Crippen LogP contribution in [0.4, 0.5) is 4.79 Å². The molecule has 0 aromatic heterocycles. The average molecular weight is 303 g/mol. The summed E-state index contributed by atoms with van der Waals surface area (Å²) in [5.41, 5.74) is 0. The highest BCUT2D eigenvalue weighted by molar-refractivity contribution is 8.00. The SMILES string of the molecule is CCN(CC)CC(C)NC(=O)N1C(C)SCC1C(=O)O. The number of hydrogen-bond acceptors (Lipinski definition) is 4. The van der Waals surface area contributed by atoms with Crippen molar-refractivity contribution in [3.63, 3.8) is 0 Å². The third kappa shape index (κ3) is 4.28. The summed E-state index contributed by atoms with van der Waals surface area (Å²) in [6.07, 6.45) is 0. The monoisotopic (exact) mass is 303 g/mol. The molecule has 1 heterocycles. The summed E-state index contributed by atoms with van der Waals surface area (Å²) in [5.74, 6) is -0.484. The molecule has 0 aromatic carbocycles. The first-order valence-corrected chi connectivity index (χ1v) is 8.11. The number of carboxylic acid groups (broad SMARTS) is 1. The van der Waals surface area contributed by atoms with E-state index in [0.717, 1.165) is 19.6 Å². The van der Waals surface area contributed by atoms with E-state index in [1.54, 1.807) is 0 Å². The van der Waals surface area contributed by atoms with Crippen molar-refractivity contribution in [1.29, 1.82) is 0 Å². The summed E-state index contributed by atoms with van der Waals surface area (Å²) in [5, 5.41) is 12.0. The fraction of sp³-hybridized carbons (Fsp3) is 0.846. The minimum Gasteiger partial charge on any atom is -0.480 e. The number of likely N-dealkylation sites (N-methyl/N-ethyl adjacent to an activating group) is 1. The Kier molecular flexibility index (Phi) is 6.61. The number of rotatable bonds is 6. The zero-order valence-corrected chi connectivity index (χ0v) is 13.4. The summed E-state index contributed by atoms with van der Waals surface area (Å²) in [4.78, 5) is 27.1. The van der Waals surface area contributed by atoms with Crippen molar-refractivity contribution in [2.75, 3.05) is 25.4 Å². The van der Waals surface area contributed by atoms with Crippen LogP contribution in [0.15, 0.2) is 0 Å². The second kappa shape index (κ2) is 7.73. The van der Waals surface area contributed by atoms with Gasteiger partial charge in [-0.15, -0.1) is 11.8 Å². The summed E-state index contributed by atoms with van der Waals surface area (Å²) >= 11 is 1.49. The van der Waals surface area contributed by atoms with E-state index in [9.17, 15) is 9.59 Å². The highest BCUT2D eigenvalue weighted by atomic mass is 32.2. The fourth-order valence-electron chi connectivity index (χ4n) is 2.34. The Morgan fingerprint density at radius 2 is 2.05 bits per heavy atom. The van der Waals surface area contributed by atoms with Gasteiger partial charge in [0.05, 0.1) is 5.37 Å². The second-order valence-electron chi connectivity index (χ2n) is 5.03. The van der Waals surface area contributed by atoms with E-state index in [2.05, 4.69) is 24.1 Å². The van der Waals surface area contributed by atoms with Gasteiger partial charge in [-0.1, -0.05) is 13.8 Å². The van der Waals surface area contributed by atoms with Crippen molar-refractivity contribution in [2.24, 2.45) is 0 Å². The van der Waals surface area contributed by atoms with E-state index in [1.807, 2.05) is 13.8 Å². The van der Waals surface area contributed by atoms with Crippen LogP contribution in [0, 0.1) is 0 Å². The molecular formula is C13H25N3O3S. The fourth-order valence-corrected chi connectivity index (χ4v) is 3.51. The van der Waals surface area contributed by atoms with Crippen LogP contribution < -0.4 is 5.32 Å². The maximum absolute atomic E-state index is 12.3. The van der Waals surface area contributed by atoms with Crippen LogP contribution in [0.25, 0.3) is 0 Å². The van der Waals surface area contributed by atoms with Crippen LogP contribution in [0.3, 0.4) is 0 Å². The molecular weight excluding hydrogens is 278 g/mol. The van der Waals surface area contributed by atoms with Crippen molar-refractivity contribution < 1.29 is 14.7 Å². The molecule has 1 saturated heterocycles. The Morgan fingerprint density at radius 3 is 2.55 bits per heavy atom. The van der Waals surface area contributed by atoms with E-state index in [0.29, 0.717) is 5.75 Å². The van der Waals surface area contributed by atoms with E-state index in [1.165, 1.54) is 16.7 Å². The number of nitrogens with one attached hydrogen (secondary N) is 1. The highest BCUT2D eigenvalue weighted by Crippen LogP contribution is 2.28. The van der Waals surface area contributed by atoms with Crippen LogP contribution in [0.5, 0.6) is 0 Å². The van der Waals surface area contributed by atoms with Crippen LogP contribution in [-0.2, 0) is 4.79 Å². The zero-order valence-electron chi connectivity index (χ0n) is 12.6. The lowest BCUT2D eigenvalue weighted by Crippen LogP contribution is -2.53. The van der Waals surface area contributed by atoms with Crippen molar-refractivity contribution in [2.45, 2.75) is 45.2 Å². The van der Waals surface area contributed by atoms with Gasteiger partial charge in [0.2, 0.25) is 0 Å². The van der Waals surface area contributed by atoms with Gasteiger partial charge in [-0.25, -0.2) is 9.59 Å². The number of carbonyl (C=O) groups is 2. The van der Waals surface area contributed by atoms with Gasteiger partial charge in [-0.05, 0) is 26.9 Å². The number of urea groups is 1. The number of amides is 2. The Hall–Kier alpha value is -0.950. The minimum absolute atomic E-state index is 0.00496. The number of carboxylic acids is 1. The first kappa shape index (κ1) is 17.1. The van der Waals surface area contributed by atoms with E-state index in [4.69, 9.17) is 5.11 Å². The molecule has 6 nitrogen and oxygen atoms in total. The predicted octanol–water partition coefficient (Wildman–Crippen LogP) is 1.27. The maximum Gasteiger partial charge on any atom is 0.327 e.